The fourth-order valence-electron chi connectivity index (χ4n) is 5.13. The molecule has 1 spiro atoms. The summed E-state index contributed by atoms with van der Waals surface area (Å²) in [6.07, 6.45) is 5.43. The van der Waals surface area contributed by atoms with Gasteiger partial charge in [0.05, 0.1) is 17.0 Å². The minimum atomic E-state index is -0.741. The molecule has 1 saturated heterocycles. The number of carbonyl (C=O) groups excluding carboxylic acids is 3. The lowest BCUT2D eigenvalue weighted by molar-refractivity contribution is -0.133. The number of piperidine rings is 1. The zero-order valence-electron chi connectivity index (χ0n) is 18.7. The monoisotopic (exact) mass is 475 g/mol. The Bertz CT molecular complexity index is 1110. The second-order valence-electron chi connectivity index (χ2n) is 9.03. The summed E-state index contributed by atoms with van der Waals surface area (Å²) in [6.45, 7) is 2.20. The topological polar surface area (TPSA) is 112 Å². The molecule has 2 fully saturated rings. The summed E-state index contributed by atoms with van der Waals surface area (Å²) in [4.78, 5) is 47.9. The van der Waals surface area contributed by atoms with Gasteiger partial charge in [0.15, 0.2) is 5.69 Å². The standard InChI is InChI=1S/C23H27ClFN5O3/c1-13-10-17(15(24)11-16(13)25)30-9-3-6-23(22(30)33)7-4-14(5-8-23)29(2)21(32)19-18(20(26)31)27-12-28-19/h10-12,14H,3-9H2,1-2H3,(H2,26,31)(H,27,28)/t14-,23+. The molecule has 4 rings (SSSR count). The summed E-state index contributed by atoms with van der Waals surface area (Å²) in [5.74, 6) is -1.50. The van der Waals surface area contributed by atoms with Crippen LogP contribution in [0.1, 0.15) is 65.1 Å². The van der Waals surface area contributed by atoms with Crippen LogP contribution in [0.5, 0.6) is 0 Å². The van der Waals surface area contributed by atoms with Crippen LogP contribution in [-0.4, -0.2) is 52.2 Å². The van der Waals surface area contributed by atoms with Gasteiger partial charge in [0, 0.05) is 25.0 Å². The summed E-state index contributed by atoms with van der Waals surface area (Å²) >= 11 is 6.29. The van der Waals surface area contributed by atoms with Crippen molar-refractivity contribution in [3.63, 3.8) is 0 Å². The van der Waals surface area contributed by atoms with Gasteiger partial charge < -0.3 is 20.5 Å². The molecular formula is C23H27ClFN5O3. The number of hydrogen-bond acceptors (Lipinski definition) is 4. The van der Waals surface area contributed by atoms with Crippen LogP contribution < -0.4 is 10.6 Å². The molecular weight excluding hydrogens is 449 g/mol. The fourth-order valence-corrected chi connectivity index (χ4v) is 5.38. The zero-order chi connectivity index (χ0) is 23.9. The Morgan fingerprint density at radius 1 is 1.30 bits per heavy atom. The van der Waals surface area contributed by atoms with E-state index in [9.17, 15) is 18.8 Å². The molecule has 2 aromatic rings. The fraction of sp³-hybridized carbons (Fsp3) is 0.478. The Kier molecular flexibility index (Phi) is 6.18. The van der Waals surface area contributed by atoms with Crippen molar-refractivity contribution >= 4 is 35.0 Å². The van der Waals surface area contributed by atoms with Crippen molar-refractivity contribution in [2.45, 2.75) is 51.5 Å². The molecule has 0 bridgehead atoms. The SMILES string of the molecule is Cc1cc(N2CCC[C@]3(CC[C@H](N(C)C(=O)c4nc[nH]c4C(N)=O)CC3)C2=O)c(Cl)cc1F. The maximum Gasteiger partial charge on any atom is 0.274 e. The van der Waals surface area contributed by atoms with Gasteiger partial charge in [-0.2, -0.15) is 0 Å². The zero-order valence-corrected chi connectivity index (χ0v) is 19.4. The molecule has 3 amide bonds. The highest BCUT2D eigenvalue weighted by atomic mass is 35.5. The summed E-state index contributed by atoms with van der Waals surface area (Å²) in [7, 11) is 1.68. The number of H-pyrrole nitrogens is 1. The third kappa shape index (κ3) is 4.10. The number of primary amides is 1. The maximum atomic E-state index is 13.9. The molecule has 0 atom stereocenters. The number of anilines is 1. The predicted molar refractivity (Wildman–Crippen MR) is 122 cm³/mol. The number of amides is 3. The lowest BCUT2D eigenvalue weighted by Gasteiger charge is -2.47. The maximum absolute atomic E-state index is 13.9. The summed E-state index contributed by atoms with van der Waals surface area (Å²) < 4.78 is 13.9. The second-order valence-corrected chi connectivity index (χ2v) is 9.44. The van der Waals surface area contributed by atoms with Gasteiger partial charge in [-0.1, -0.05) is 11.6 Å². The number of nitrogens with one attached hydrogen (secondary N) is 1. The van der Waals surface area contributed by atoms with E-state index in [0.29, 0.717) is 43.5 Å². The summed E-state index contributed by atoms with van der Waals surface area (Å²) in [5.41, 5.74) is 5.79. The highest BCUT2D eigenvalue weighted by molar-refractivity contribution is 6.34. The number of nitrogens with zero attached hydrogens (tertiary/aromatic N) is 3. The van der Waals surface area contributed by atoms with Crippen LogP contribution in [0.15, 0.2) is 18.5 Å². The van der Waals surface area contributed by atoms with E-state index in [2.05, 4.69) is 9.97 Å². The number of nitrogens with two attached hydrogens (primary N) is 1. The molecule has 176 valence electrons. The first-order chi connectivity index (χ1) is 15.6. The van der Waals surface area contributed by atoms with E-state index in [4.69, 9.17) is 17.3 Å². The first-order valence-corrected chi connectivity index (χ1v) is 11.4. The summed E-state index contributed by atoms with van der Waals surface area (Å²) in [5, 5.41) is 0.228. The average Bonchev–Trinajstić information content (AvgIpc) is 3.28. The number of aromatic nitrogens is 2. The smallest absolute Gasteiger partial charge is 0.274 e. The molecule has 1 aliphatic heterocycles. The van der Waals surface area contributed by atoms with Crippen molar-refractivity contribution in [3.05, 3.63) is 46.3 Å². The number of benzene rings is 1. The molecule has 1 aliphatic carbocycles. The van der Waals surface area contributed by atoms with Crippen molar-refractivity contribution < 1.29 is 18.8 Å². The largest absolute Gasteiger partial charge is 0.364 e. The Labute approximate surface area is 196 Å². The average molecular weight is 476 g/mol. The number of carbonyl (C=O) groups is 3. The van der Waals surface area contributed by atoms with Crippen LogP contribution >= 0.6 is 11.6 Å². The van der Waals surface area contributed by atoms with Gasteiger partial charge in [-0.3, -0.25) is 14.4 Å². The van der Waals surface area contributed by atoms with E-state index in [1.807, 2.05) is 0 Å². The Morgan fingerprint density at radius 3 is 2.67 bits per heavy atom. The number of aromatic amines is 1. The predicted octanol–water partition coefficient (Wildman–Crippen LogP) is 3.44. The molecule has 8 nitrogen and oxygen atoms in total. The third-order valence-electron chi connectivity index (χ3n) is 7.12. The molecule has 0 unspecified atom stereocenters. The minimum absolute atomic E-state index is 0.00604. The molecule has 2 heterocycles. The van der Waals surface area contributed by atoms with E-state index >= 15 is 0 Å². The normalized spacial score (nSPS) is 23.1. The van der Waals surface area contributed by atoms with Crippen LogP contribution in [0.2, 0.25) is 5.02 Å². The van der Waals surface area contributed by atoms with Gasteiger partial charge in [0.2, 0.25) is 5.91 Å². The first-order valence-electron chi connectivity index (χ1n) is 11.0. The summed E-state index contributed by atoms with van der Waals surface area (Å²) in [6, 6.07) is 2.81. The van der Waals surface area contributed by atoms with Gasteiger partial charge in [-0.05, 0) is 63.1 Å². The Morgan fingerprint density at radius 2 is 2.00 bits per heavy atom. The Hall–Kier alpha value is -2.94. The highest BCUT2D eigenvalue weighted by Gasteiger charge is 2.47. The molecule has 1 aromatic heterocycles. The van der Waals surface area contributed by atoms with Crippen molar-refractivity contribution in [2.24, 2.45) is 11.1 Å². The van der Waals surface area contributed by atoms with Crippen molar-refractivity contribution in [1.82, 2.24) is 14.9 Å². The van der Waals surface area contributed by atoms with Crippen LogP contribution in [0, 0.1) is 18.2 Å². The van der Waals surface area contributed by atoms with E-state index in [0.717, 1.165) is 12.8 Å². The van der Waals surface area contributed by atoms with Crippen LogP contribution in [0.25, 0.3) is 0 Å². The number of halogens is 2. The number of rotatable bonds is 4. The van der Waals surface area contributed by atoms with E-state index < -0.39 is 17.1 Å². The van der Waals surface area contributed by atoms with E-state index in [-0.39, 0.29) is 34.3 Å². The van der Waals surface area contributed by atoms with Gasteiger partial charge in [-0.15, -0.1) is 0 Å². The molecule has 0 radical (unpaired) electrons. The molecule has 10 heteroatoms. The second kappa shape index (κ2) is 8.78. The van der Waals surface area contributed by atoms with Crippen molar-refractivity contribution in [1.29, 1.82) is 0 Å². The van der Waals surface area contributed by atoms with Gasteiger partial charge in [0.1, 0.15) is 11.5 Å². The quantitative estimate of drug-likeness (QED) is 0.705. The number of aryl methyl sites for hydroxylation is 1. The van der Waals surface area contributed by atoms with E-state index in [1.54, 1.807) is 29.8 Å². The van der Waals surface area contributed by atoms with Crippen LogP contribution in [0.4, 0.5) is 10.1 Å². The number of hydrogen-bond donors (Lipinski definition) is 2. The highest BCUT2D eigenvalue weighted by Crippen LogP contribution is 2.47. The molecule has 3 N–H and O–H groups in total. The van der Waals surface area contributed by atoms with Gasteiger partial charge in [-0.25, -0.2) is 9.37 Å². The first kappa shape index (κ1) is 23.2. The van der Waals surface area contributed by atoms with Gasteiger partial charge >= 0.3 is 0 Å². The molecule has 2 aliphatic rings. The third-order valence-corrected chi connectivity index (χ3v) is 7.43. The Balaban J connectivity index is 1.48. The van der Waals surface area contributed by atoms with Crippen molar-refractivity contribution in [3.8, 4) is 0 Å². The molecule has 1 saturated carbocycles. The van der Waals surface area contributed by atoms with E-state index in [1.165, 1.54) is 12.4 Å². The van der Waals surface area contributed by atoms with Crippen LogP contribution in [-0.2, 0) is 4.79 Å². The molecule has 33 heavy (non-hydrogen) atoms. The van der Waals surface area contributed by atoms with Crippen molar-refractivity contribution in [2.75, 3.05) is 18.5 Å². The lowest BCUT2D eigenvalue weighted by Crippen LogP contribution is -2.52. The van der Waals surface area contributed by atoms with Gasteiger partial charge in [0.25, 0.3) is 11.8 Å². The number of imidazole rings is 1. The minimum Gasteiger partial charge on any atom is -0.364 e. The van der Waals surface area contributed by atoms with Crippen LogP contribution in [0.3, 0.4) is 0 Å². The lowest BCUT2D eigenvalue weighted by atomic mass is 9.67. The molecule has 1 aromatic carbocycles.